The molecule has 1 amide bonds. The highest BCUT2D eigenvalue weighted by atomic mass is 16.3. The summed E-state index contributed by atoms with van der Waals surface area (Å²) in [6.45, 7) is 1.69. The largest absolute Gasteiger partial charge is 0.508 e. The predicted octanol–water partition coefficient (Wildman–Crippen LogP) is 2.92. The van der Waals surface area contributed by atoms with Crippen LogP contribution in [0.15, 0.2) is 36.4 Å². The van der Waals surface area contributed by atoms with Crippen molar-refractivity contribution in [3.63, 3.8) is 0 Å². The van der Waals surface area contributed by atoms with Gasteiger partial charge in [-0.15, -0.1) is 0 Å². The SMILES string of the molecule is O=C(CN1CCC(Nc2cccc(O)c2CO)CC1)Nc1ccc2c(c1)CCCC2=O. The van der Waals surface area contributed by atoms with E-state index in [9.17, 15) is 19.8 Å². The lowest BCUT2D eigenvalue weighted by molar-refractivity contribution is -0.117. The first kappa shape index (κ1) is 21.3. The molecule has 2 aliphatic rings. The maximum Gasteiger partial charge on any atom is 0.238 e. The summed E-state index contributed by atoms with van der Waals surface area (Å²) in [4.78, 5) is 26.6. The van der Waals surface area contributed by atoms with E-state index in [2.05, 4.69) is 15.5 Å². The molecular weight excluding hydrogens is 394 g/mol. The Kier molecular flexibility index (Phi) is 6.53. The molecule has 7 nitrogen and oxygen atoms in total. The Labute approximate surface area is 182 Å². The van der Waals surface area contributed by atoms with Gasteiger partial charge < -0.3 is 20.8 Å². The first-order chi connectivity index (χ1) is 15.0. The second-order valence-corrected chi connectivity index (χ2v) is 8.35. The number of aryl methyl sites for hydroxylation is 1. The molecule has 0 unspecified atom stereocenters. The average Bonchev–Trinajstić information content (AvgIpc) is 2.75. The number of hydrogen-bond acceptors (Lipinski definition) is 6. The number of nitrogens with zero attached hydrogens (tertiary/aromatic N) is 1. The molecule has 1 aliphatic heterocycles. The maximum absolute atomic E-state index is 12.5. The molecule has 4 N–H and O–H groups in total. The molecule has 1 heterocycles. The van der Waals surface area contributed by atoms with Crippen LogP contribution in [-0.4, -0.2) is 52.5 Å². The summed E-state index contributed by atoms with van der Waals surface area (Å²) in [6, 6.07) is 11.0. The number of anilines is 2. The highest BCUT2D eigenvalue weighted by molar-refractivity contribution is 5.99. The monoisotopic (exact) mass is 423 g/mol. The van der Waals surface area contributed by atoms with Gasteiger partial charge in [-0.25, -0.2) is 0 Å². The van der Waals surface area contributed by atoms with Gasteiger partial charge in [0.1, 0.15) is 5.75 Å². The zero-order chi connectivity index (χ0) is 21.8. The molecule has 1 aliphatic carbocycles. The van der Waals surface area contributed by atoms with Gasteiger partial charge in [-0.1, -0.05) is 6.07 Å². The quantitative estimate of drug-likeness (QED) is 0.570. The number of Topliss-reactive ketones (excluding diaryl/α,β-unsaturated/α-hetero) is 1. The van der Waals surface area contributed by atoms with E-state index in [1.807, 2.05) is 24.3 Å². The normalized spacial score (nSPS) is 17.3. The van der Waals surface area contributed by atoms with Gasteiger partial charge in [0, 0.05) is 48.1 Å². The summed E-state index contributed by atoms with van der Waals surface area (Å²) in [5.41, 5.74) is 3.82. The number of benzene rings is 2. The number of aliphatic hydroxyl groups excluding tert-OH is 1. The van der Waals surface area contributed by atoms with Gasteiger partial charge in [0.25, 0.3) is 0 Å². The molecule has 4 rings (SSSR count). The summed E-state index contributed by atoms with van der Waals surface area (Å²) in [7, 11) is 0. The molecule has 31 heavy (non-hydrogen) atoms. The molecule has 164 valence electrons. The van der Waals surface area contributed by atoms with Gasteiger partial charge in [-0.3, -0.25) is 14.5 Å². The molecule has 1 saturated heterocycles. The minimum absolute atomic E-state index is 0.0518. The summed E-state index contributed by atoms with van der Waals surface area (Å²) < 4.78 is 0. The number of hydrogen-bond donors (Lipinski definition) is 4. The van der Waals surface area contributed by atoms with E-state index in [1.54, 1.807) is 12.1 Å². The Balaban J connectivity index is 1.27. The van der Waals surface area contributed by atoms with Gasteiger partial charge in [-0.2, -0.15) is 0 Å². The molecule has 0 radical (unpaired) electrons. The highest BCUT2D eigenvalue weighted by Crippen LogP contribution is 2.28. The lowest BCUT2D eigenvalue weighted by Gasteiger charge is -2.32. The molecular formula is C24H29N3O4. The number of piperidine rings is 1. The Morgan fingerprint density at radius 2 is 1.94 bits per heavy atom. The predicted molar refractivity (Wildman–Crippen MR) is 119 cm³/mol. The van der Waals surface area contributed by atoms with Crippen LogP contribution in [0.5, 0.6) is 5.75 Å². The first-order valence-corrected chi connectivity index (χ1v) is 10.9. The van der Waals surface area contributed by atoms with Crippen LogP contribution < -0.4 is 10.6 Å². The van der Waals surface area contributed by atoms with Crippen molar-refractivity contribution in [3.05, 3.63) is 53.1 Å². The van der Waals surface area contributed by atoms with Crippen molar-refractivity contribution in [1.29, 1.82) is 0 Å². The van der Waals surface area contributed by atoms with E-state index >= 15 is 0 Å². The molecule has 0 bridgehead atoms. The fourth-order valence-electron chi connectivity index (χ4n) is 4.46. The van der Waals surface area contributed by atoms with Crippen LogP contribution in [0.25, 0.3) is 0 Å². The second-order valence-electron chi connectivity index (χ2n) is 8.35. The fraction of sp³-hybridized carbons (Fsp3) is 0.417. The zero-order valence-electron chi connectivity index (χ0n) is 17.6. The maximum atomic E-state index is 12.5. The van der Waals surface area contributed by atoms with Crippen molar-refractivity contribution >= 4 is 23.1 Å². The van der Waals surface area contributed by atoms with Crippen LogP contribution in [-0.2, 0) is 17.8 Å². The number of likely N-dealkylation sites (tertiary alicyclic amines) is 1. The van der Waals surface area contributed by atoms with E-state index in [-0.39, 0.29) is 30.1 Å². The summed E-state index contributed by atoms with van der Waals surface area (Å²) in [5, 5.41) is 25.8. The van der Waals surface area contributed by atoms with Crippen molar-refractivity contribution in [1.82, 2.24) is 4.90 Å². The Morgan fingerprint density at radius 1 is 1.13 bits per heavy atom. The van der Waals surface area contributed by atoms with Crippen molar-refractivity contribution in [2.75, 3.05) is 30.3 Å². The number of rotatable bonds is 6. The van der Waals surface area contributed by atoms with Crippen LogP contribution in [0.2, 0.25) is 0 Å². The third kappa shape index (κ3) is 5.06. The van der Waals surface area contributed by atoms with Gasteiger partial charge in [-0.05, 0) is 61.6 Å². The van der Waals surface area contributed by atoms with E-state index in [4.69, 9.17) is 0 Å². The third-order valence-corrected chi connectivity index (χ3v) is 6.16. The van der Waals surface area contributed by atoms with E-state index in [0.29, 0.717) is 18.5 Å². The van der Waals surface area contributed by atoms with E-state index in [1.165, 1.54) is 0 Å². The molecule has 7 heteroatoms. The Bertz CT molecular complexity index is 967. The minimum Gasteiger partial charge on any atom is -0.508 e. The van der Waals surface area contributed by atoms with Crippen molar-refractivity contribution in [3.8, 4) is 5.75 Å². The molecule has 1 fully saturated rings. The van der Waals surface area contributed by atoms with Crippen LogP contribution in [0.3, 0.4) is 0 Å². The number of ketones is 1. The smallest absolute Gasteiger partial charge is 0.238 e. The number of amides is 1. The number of aromatic hydroxyl groups is 1. The number of carbonyl (C=O) groups is 2. The zero-order valence-corrected chi connectivity index (χ0v) is 17.6. The number of fused-ring (bicyclic) bond motifs is 1. The number of nitrogens with one attached hydrogen (secondary N) is 2. The van der Waals surface area contributed by atoms with Crippen molar-refractivity contribution in [2.24, 2.45) is 0 Å². The number of carbonyl (C=O) groups excluding carboxylic acids is 2. The standard InChI is InChI=1S/C24H29N3O4/c28-15-20-21(4-2-6-23(20)30)25-17-9-11-27(12-10-17)14-24(31)26-18-7-8-19-16(13-18)3-1-5-22(19)29/h2,4,6-8,13,17,25,28,30H,1,3,5,9-12,14-15H2,(H,26,31). The van der Waals surface area contributed by atoms with Crippen LogP contribution in [0, 0.1) is 0 Å². The minimum atomic E-state index is -0.217. The Hall–Kier alpha value is -2.90. The topological polar surface area (TPSA) is 102 Å². The van der Waals surface area contributed by atoms with Crippen molar-refractivity contribution in [2.45, 2.75) is 44.8 Å². The molecule has 2 aromatic rings. The van der Waals surface area contributed by atoms with Crippen LogP contribution in [0.1, 0.15) is 47.2 Å². The highest BCUT2D eigenvalue weighted by Gasteiger charge is 2.22. The van der Waals surface area contributed by atoms with Crippen molar-refractivity contribution < 1.29 is 19.8 Å². The van der Waals surface area contributed by atoms with Gasteiger partial charge >= 0.3 is 0 Å². The summed E-state index contributed by atoms with van der Waals surface area (Å²) in [5.74, 6) is 0.227. The van der Waals surface area contributed by atoms with Gasteiger partial charge in [0.15, 0.2) is 5.78 Å². The molecule has 0 atom stereocenters. The molecule has 2 aromatic carbocycles. The van der Waals surface area contributed by atoms with Gasteiger partial charge in [0.2, 0.25) is 5.91 Å². The average molecular weight is 424 g/mol. The van der Waals surface area contributed by atoms with E-state index < -0.39 is 0 Å². The van der Waals surface area contributed by atoms with Crippen LogP contribution >= 0.6 is 0 Å². The third-order valence-electron chi connectivity index (χ3n) is 6.16. The summed E-state index contributed by atoms with van der Waals surface area (Å²) in [6.07, 6.45) is 4.09. The molecule has 0 spiro atoms. The number of phenols is 1. The van der Waals surface area contributed by atoms with Crippen LogP contribution in [0.4, 0.5) is 11.4 Å². The second kappa shape index (κ2) is 9.49. The Morgan fingerprint density at radius 3 is 2.71 bits per heavy atom. The first-order valence-electron chi connectivity index (χ1n) is 10.9. The lowest BCUT2D eigenvalue weighted by atomic mass is 9.90. The fourth-order valence-corrected chi connectivity index (χ4v) is 4.46. The molecule has 0 aromatic heterocycles. The van der Waals surface area contributed by atoms with E-state index in [0.717, 1.165) is 61.3 Å². The lowest BCUT2D eigenvalue weighted by Crippen LogP contribution is -2.42. The number of aliphatic hydroxyl groups is 1. The molecule has 0 saturated carbocycles. The van der Waals surface area contributed by atoms with Gasteiger partial charge in [0.05, 0.1) is 13.2 Å². The summed E-state index contributed by atoms with van der Waals surface area (Å²) >= 11 is 0.